The zero-order chi connectivity index (χ0) is 11.6. The summed E-state index contributed by atoms with van der Waals surface area (Å²) in [5.74, 6) is -0.0609. The highest BCUT2D eigenvalue weighted by atomic mass is 16.1. The molecule has 3 N–H and O–H groups in total. The van der Waals surface area contributed by atoms with E-state index in [1.165, 1.54) is 0 Å². The smallest absolute Gasteiger partial charge is 0.251 e. The minimum absolute atomic E-state index is 0.0609. The first-order chi connectivity index (χ1) is 6.91. The lowest BCUT2D eigenvalue weighted by Gasteiger charge is -2.12. The number of nitrogens with one attached hydrogen (secondary N) is 1. The predicted molar refractivity (Wildman–Crippen MR) is 62.9 cm³/mol. The number of hydrogen-bond donors (Lipinski definition) is 2. The second-order valence-corrected chi connectivity index (χ2v) is 4.15. The minimum Gasteiger partial charge on any atom is -0.398 e. The van der Waals surface area contributed by atoms with E-state index < -0.39 is 0 Å². The fourth-order valence-electron chi connectivity index (χ4n) is 1.45. The van der Waals surface area contributed by atoms with Gasteiger partial charge in [-0.2, -0.15) is 0 Å². The van der Waals surface area contributed by atoms with Crippen molar-refractivity contribution in [1.29, 1.82) is 0 Å². The molecule has 0 atom stereocenters. The molecule has 0 aliphatic heterocycles. The van der Waals surface area contributed by atoms with E-state index >= 15 is 0 Å². The molecule has 82 valence electrons. The number of nitrogens with two attached hydrogens (primary N) is 1. The van der Waals surface area contributed by atoms with Gasteiger partial charge in [-0.25, -0.2) is 0 Å². The molecule has 15 heavy (non-hydrogen) atoms. The Morgan fingerprint density at radius 1 is 1.27 bits per heavy atom. The first-order valence-corrected chi connectivity index (χ1v) is 5.09. The lowest BCUT2D eigenvalue weighted by atomic mass is 10.0. The molecule has 0 spiro atoms. The summed E-state index contributed by atoms with van der Waals surface area (Å²) in [6.45, 7) is 7.73. The zero-order valence-electron chi connectivity index (χ0n) is 9.72. The van der Waals surface area contributed by atoms with Gasteiger partial charge in [-0.1, -0.05) is 6.07 Å². The van der Waals surface area contributed by atoms with Crippen molar-refractivity contribution in [3.8, 4) is 0 Å². The summed E-state index contributed by atoms with van der Waals surface area (Å²) in [7, 11) is 0. The van der Waals surface area contributed by atoms with Gasteiger partial charge in [0.05, 0.1) is 0 Å². The Kier molecular flexibility index (Phi) is 3.35. The van der Waals surface area contributed by atoms with Gasteiger partial charge in [-0.3, -0.25) is 4.79 Å². The van der Waals surface area contributed by atoms with E-state index in [-0.39, 0.29) is 11.9 Å². The van der Waals surface area contributed by atoms with Crippen molar-refractivity contribution in [2.75, 3.05) is 5.73 Å². The molecule has 1 aromatic rings. The molecule has 0 aliphatic rings. The Morgan fingerprint density at radius 3 is 2.40 bits per heavy atom. The van der Waals surface area contributed by atoms with Crippen LogP contribution in [0.3, 0.4) is 0 Å². The summed E-state index contributed by atoms with van der Waals surface area (Å²) in [5.41, 5.74) is 9.06. The molecular formula is C12H18N2O. The van der Waals surface area contributed by atoms with Gasteiger partial charge in [0.1, 0.15) is 0 Å². The first kappa shape index (κ1) is 11.6. The van der Waals surface area contributed by atoms with E-state index in [2.05, 4.69) is 5.32 Å². The number of carbonyl (C=O) groups excluding carboxylic acids is 1. The van der Waals surface area contributed by atoms with E-state index in [9.17, 15) is 4.79 Å². The molecule has 1 amide bonds. The summed E-state index contributed by atoms with van der Waals surface area (Å²) in [4.78, 5) is 11.8. The summed E-state index contributed by atoms with van der Waals surface area (Å²) in [5, 5.41) is 2.85. The van der Waals surface area contributed by atoms with Crippen LogP contribution in [0.4, 0.5) is 5.69 Å². The average Bonchev–Trinajstić information content (AvgIpc) is 2.09. The van der Waals surface area contributed by atoms with Gasteiger partial charge >= 0.3 is 0 Å². The lowest BCUT2D eigenvalue weighted by Crippen LogP contribution is -2.30. The Balaban J connectivity index is 3.04. The van der Waals surface area contributed by atoms with Gasteiger partial charge in [-0.05, 0) is 44.9 Å². The quantitative estimate of drug-likeness (QED) is 0.727. The van der Waals surface area contributed by atoms with Gasteiger partial charge in [-0.15, -0.1) is 0 Å². The molecule has 3 heteroatoms. The van der Waals surface area contributed by atoms with Gasteiger partial charge in [0.25, 0.3) is 5.91 Å². The number of rotatable bonds is 2. The summed E-state index contributed by atoms with van der Waals surface area (Å²) in [6, 6.07) is 3.81. The SMILES string of the molecule is Cc1cc(C)c(C(=O)NC(C)C)cc1N. The van der Waals surface area contributed by atoms with Crippen molar-refractivity contribution < 1.29 is 4.79 Å². The van der Waals surface area contributed by atoms with E-state index in [0.717, 1.165) is 11.1 Å². The fourth-order valence-corrected chi connectivity index (χ4v) is 1.45. The summed E-state index contributed by atoms with van der Waals surface area (Å²) in [6.07, 6.45) is 0. The number of carbonyl (C=O) groups is 1. The van der Waals surface area contributed by atoms with Crippen LogP contribution in [0.25, 0.3) is 0 Å². The molecular weight excluding hydrogens is 188 g/mol. The minimum atomic E-state index is -0.0609. The lowest BCUT2D eigenvalue weighted by molar-refractivity contribution is 0.0942. The maximum atomic E-state index is 11.8. The van der Waals surface area contributed by atoms with E-state index in [1.807, 2.05) is 33.8 Å². The molecule has 1 aromatic carbocycles. The van der Waals surface area contributed by atoms with Gasteiger partial charge in [0, 0.05) is 17.3 Å². The highest BCUT2D eigenvalue weighted by Gasteiger charge is 2.11. The zero-order valence-corrected chi connectivity index (χ0v) is 9.72. The third-order valence-electron chi connectivity index (χ3n) is 2.28. The van der Waals surface area contributed by atoms with Crippen molar-refractivity contribution in [1.82, 2.24) is 5.32 Å². The second-order valence-electron chi connectivity index (χ2n) is 4.15. The number of aryl methyl sites for hydroxylation is 2. The Hall–Kier alpha value is -1.51. The highest BCUT2D eigenvalue weighted by molar-refractivity contribution is 5.96. The number of benzene rings is 1. The van der Waals surface area contributed by atoms with Crippen LogP contribution < -0.4 is 11.1 Å². The molecule has 0 fully saturated rings. The van der Waals surface area contributed by atoms with Crippen molar-refractivity contribution in [2.24, 2.45) is 0 Å². The monoisotopic (exact) mass is 206 g/mol. The number of amides is 1. The Bertz CT molecular complexity index is 383. The van der Waals surface area contributed by atoms with Crippen LogP contribution in [0.5, 0.6) is 0 Å². The molecule has 0 aromatic heterocycles. The van der Waals surface area contributed by atoms with Crippen LogP contribution in [0.15, 0.2) is 12.1 Å². The topological polar surface area (TPSA) is 55.1 Å². The molecule has 0 aliphatic carbocycles. The third kappa shape index (κ3) is 2.72. The second kappa shape index (κ2) is 4.34. The number of nitrogen functional groups attached to an aromatic ring is 1. The molecule has 0 saturated heterocycles. The van der Waals surface area contributed by atoms with Gasteiger partial charge in [0.15, 0.2) is 0 Å². The van der Waals surface area contributed by atoms with Crippen LogP contribution in [0, 0.1) is 13.8 Å². The molecule has 3 nitrogen and oxygen atoms in total. The Morgan fingerprint density at radius 2 is 1.87 bits per heavy atom. The molecule has 0 bridgehead atoms. The normalized spacial score (nSPS) is 10.5. The molecule has 0 radical (unpaired) electrons. The predicted octanol–water partition coefficient (Wildman–Crippen LogP) is 2.02. The highest BCUT2D eigenvalue weighted by Crippen LogP contribution is 2.17. The van der Waals surface area contributed by atoms with E-state index in [0.29, 0.717) is 11.3 Å². The summed E-state index contributed by atoms with van der Waals surface area (Å²) >= 11 is 0. The van der Waals surface area contributed by atoms with Crippen molar-refractivity contribution in [2.45, 2.75) is 33.7 Å². The van der Waals surface area contributed by atoms with Crippen LogP contribution in [-0.4, -0.2) is 11.9 Å². The Labute approximate surface area is 90.7 Å². The van der Waals surface area contributed by atoms with E-state index in [4.69, 9.17) is 5.73 Å². The first-order valence-electron chi connectivity index (χ1n) is 5.09. The molecule has 0 unspecified atom stereocenters. The van der Waals surface area contributed by atoms with Gasteiger partial charge in [0.2, 0.25) is 0 Å². The van der Waals surface area contributed by atoms with E-state index in [1.54, 1.807) is 6.07 Å². The van der Waals surface area contributed by atoms with Crippen LogP contribution in [0.1, 0.15) is 35.3 Å². The van der Waals surface area contributed by atoms with Crippen molar-refractivity contribution in [3.05, 3.63) is 28.8 Å². The standard InChI is InChI=1S/C12H18N2O/c1-7(2)14-12(15)10-6-11(13)9(4)5-8(10)3/h5-7H,13H2,1-4H3,(H,14,15). The van der Waals surface area contributed by atoms with Crippen LogP contribution >= 0.6 is 0 Å². The van der Waals surface area contributed by atoms with Crippen molar-refractivity contribution >= 4 is 11.6 Å². The molecule has 1 rings (SSSR count). The summed E-state index contributed by atoms with van der Waals surface area (Å²) < 4.78 is 0. The average molecular weight is 206 g/mol. The number of anilines is 1. The fraction of sp³-hybridized carbons (Fsp3) is 0.417. The van der Waals surface area contributed by atoms with Crippen LogP contribution in [0.2, 0.25) is 0 Å². The largest absolute Gasteiger partial charge is 0.398 e. The molecule has 0 saturated carbocycles. The van der Waals surface area contributed by atoms with Gasteiger partial charge < -0.3 is 11.1 Å². The maximum Gasteiger partial charge on any atom is 0.251 e. The third-order valence-corrected chi connectivity index (χ3v) is 2.28. The molecule has 0 heterocycles. The number of hydrogen-bond acceptors (Lipinski definition) is 2. The maximum absolute atomic E-state index is 11.8. The van der Waals surface area contributed by atoms with Crippen LogP contribution in [-0.2, 0) is 0 Å². The van der Waals surface area contributed by atoms with Crippen molar-refractivity contribution in [3.63, 3.8) is 0 Å².